The first-order chi connectivity index (χ1) is 8.22. The first-order valence-electron chi connectivity index (χ1n) is 4.95. The lowest BCUT2D eigenvalue weighted by atomic mass is 10.3. The standard InChI is InChI=1S/C10H9BrN4OS/c1-2-6-8(17-15-14-6)10(16)13-7-4-3-5-12-9(7)11/h3-5H,2H2,1H3,(H,13,16). The molecule has 1 amide bonds. The van der Waals surface area contributed by atoms with Crippen molar-refractivity contribution in [3.63, 3.8) is 0 Å². The van der Waals surface area contributed by atoms with Gasteiger partial charge < -0.3 is 5.32 Å². The van der Waals surface area contributed by atoms with Crippen molar-refractivity contribution in [1.82, 2.24) is 14.6 Å². The Balaban J connectivity index is 2.20. The predicted molar refractivity (Wildman–Crippen MR) is 69.2 cm³/mol. The third-order valence-corrected chi connectivity index (χ3v) is 3.50. The molecule has 5 nitrogen and oxygen atoms in total. The lowest BCUT2D eigenvalue weighted by Crippen LogP contribution is -2.12. The Labute approximate surface area is 111 Å². The third kappa shape index (κ3) is 2.67. The molecule has 0 saturated carbocycles. The maximum atomic E-state index is 12.0. The highest BCUT2D eigenvalue weighted by Gasteiger charge is 2.15. The number of hydrogen-bond donors (Lipinski definition) is 1. The van der Waals surface area contributed by atoms with Gasteiger partial charge in [0.1, 0.15) is 9.48 Å². The van der Waals surface area contributed by atoms with Crippen molar-refractivity contribution in [1.29, 1.82) is 0 Å². The molecule has 88 valence electrons. The molecule has 0 atom stereocenters. The summed E-state index contributed by atoms with van der Waals surface area (Å²) in [5.74, 6) is -0.203. The van der Waals surface area contributed by atoms with Gasteiger partial charge in [0.15, 0.2) is 0 Å². The normalized spacial score (nSPS) is 10.2. The Morgan fingerprint density at radius 2 is 2.41 bits per heavy atom. The Morgan fingerprint density at radius 3 is 3.12 bits per heavy atom. The van der Waals surface area contributed by atoms with Crippen LogP contribution in [0.5, 0.6) is 0 Å². The summed E-state index contributed by atoms with van der Waals surface area (Å²) < 4.78 is 4.38. The van der Waals surface area contributed by atoms with E-state index in [-0.39, 0.29) is 5.91 Å². The molecule has 0 bridgehead atoms. The van der Waals surface area contributed by atoms with Crippen LogP contribution < -0.4 is 5.32 Å². The zero-order chi connectivity index (χ0) is 12.3. The van der Waals surface area contributed by atoms with Crippen molar-refractivity contribution in [3.05, 3.63) is 33.5 Å². The molecule has 0 aliphatic rings. The monoisotopic (exact) mass is 312 g/mol. The van der Waals surface area contributed by atoms with Gasteiger partial charge in [-0.3, -0.25) is 4.79 Å². The zero-order valence-corrected chi connectivity index (χ0v) is 11.4. The van der Waals surface area contributed by atoms with Crippen LogP contribution in [0, 0.1) is 0 Å². The minimum absolute atomic E-state index is 0.203. The molecule has 2 aromatic rings. The Morgan fingerprint density at radius 1 is 1.59 bits per heavy atom. The number of anilines is 1. The van der Waals surface area contributed by atoms with Crippen LogP contribution in [0.1, 0.15) is 22.3 Å². The summed E-state index contributed by atoms with van der Waals surface area (Å²) in [6.07, 6.45) is 2.33. The maximum Gasteiger partial charge on any atom is 0.269 e. The number of rotatable bonds is 3. The molecule has 2 aromatic heterocycles. The molecule has 0 aromatic carbocycles. The van der Waals surface area contributed by atoms with Crippen LogP contribution in [-0.2, 0) is 6.42 Å². The van der Waals surface area contributed by atoms with Gasteiger partial charge in [0.05, 0.1) is 11.4 Å². The van der Waals surface area contributed by atoms with Crippen molar-refractivity contribution < 1.29 is 4.79 Å². The van der Waals surface area contributed by atoms with E-state index in [1.165, 1.54) is 0 Å². The molecule has 0 spiro atoms. The van der Waals surface area contributed by atoms with Gasteiger partial charge in [0.2, 0.25) is 0 Å². The fraction of sp³-hybridized carbons (Fsp3) is 0.200. The average molecular weight is 313 g/mol. The summed E-state index contributed by atoms with van der Waals surface area (Å²) in [6, 6.07) is 3.53. The van der Waals surface area contributed by atoms with Crippen LogP contribution in [-0.4, -0.2) is 20.5 Å². The van der Waals surface area contributed by atoms with E-state index in [4.69, 9.17) is 0 Å². The minimum Gasteiger partial charge on any atom is -0.319 e. The van der Waals surface area contributed by atoms with Gasteiger partial charge in [-0.25, -0.2) is 4.98 Å². The van der Waals surface area contributed by atoms with E-state index in [0.717, 1.165) is 11.5 Å². The van der Waals surface area contributed by atoms with Gasteiger partial charge in [0, 0.05) is 6.20 Å². The topological polar surface area (TPSA) is 67.8 Å². The molecule has 0 radical (unpaired) electrons. The van der Waals surface area contributed by atoms with E-state index in [9.17, 15) is 4.79 Å². The summed E-state index contributed by atoms with van der Waals surface area (Å²) in [6.45, 7) is 1.94. The summed E-state index contributed by atoms with van der Waals surface area (Å²) in [5, 5.41) is 6.67. The lowest BCUT2D eigenvalue weighted by molar-refractivity contribution is 0.102. The number of halogens is 1. The van der Waals surface area contributed by atoms with Gasteiger partial charge in [-0.05, 0) is 46.0 Å². The van der Waals surface area contributed by atoms with Gasteiger partial charge >= 0.3 is 0 Å². The van der Waals surface area contributed by atoms with Gasteiger partial charge in [-0.15, -0.1) is 5.10 Å². The van der Waals surface area contributed by atoms with Crippen LogP contribution in [0.4, 0.5) is 5.69 Å². The zero-order valence-electron chi connectivity index (χ0n) is 8.98. The largest absolute Gasteiger partial charge is 0.319 e. The fourth-order valence-corrected chi connectivity index (χ4v) is 2.27. The van der Waals surface area contributed by atoms with Crippen molar-refractivity contribution in [2.24, 2.45) is 0 Å². The maximum absolute atomic E-state index is 12.0. The predicted octanol–water partition coefficient (Wildman–Crippen LogP) is 2.51. The molecule has 0 unspecified atom stereocenters. The number of aryl methyl sites for hydroxylation is 1. The second-order valence-corrected chi connectivity index (χ2v) is 4.70. The molecule has 2 heterocycles. The number of nitrogens with one attached hydrogen (secondary N) is 1. The smallest absolute Gasteiger partial charge is 0.269 e. The molecule has 0 aliphatic carbocycles. The second kappa shape index (κ2) is 5.33. The number of carbonyl (C=O) groups is 1. The molecule has 1 N–H and O–H groups in total. The van der Waals surface area contributed by atoms with Crippen LogP contribution >= 0.6 is 27.5 Å². The van der Waals surface area contributed by atoms with Gasteiger partial charge in [0.25, 0.3) is 5.91 Å². The number of amides is 1. The van der Waals surface area contributed by atoms with E-state index < -0.39 is 0 Å². The fourth-order valence-electron chi connectivity index (χ4n) is 1.27. The molecule has 0 saturated heterocycles. The van der Waals surface area contributed by atoms with Gasteiger partial charge in [-0.2, -0.15) is 0 Å². The molecular formula is C10H9BrN4OS. The van der Waals surface area contributed by atoms with E-state index in [1.807, 2.05) is 6.92 Å². The molecule has 2 rings (SSSR count). The quantitative estimate of drug-likeness (QED) is 0.884. The van der Waals surface area contributed by atoms with E-state index in [1.54, 1.807) is 18.3 Å². The van der Waals surface area contributed by atoms with Crippen LogP contribution in [0.2, 0.25) is 0 Å². The summed E-state index contributed by atoms with van der Waals surface area (Å²) in [5.41, 5.74) is 1.35. The number of nitrogens with zero attached hydrogens (tertiary/aromatic N) is 3. The highest BCUT2D eigenvalue weighted by molar-refractivity contribution is 9.10. The summed E-state index contributed by atoms with van der Waals surface area (Å²) in [4.78, 5) is 16.6. The number of aromatic nitrogens is 3. The number of carbonyl (C=O) groups excluding carboxylic acids is 1. The molecule has 17 heavy (non-hydrogen) atoms. The first kappa shape index (κ1) is 12.1. The first-order valence-corrected chi connectivity index (χ1v) is 6.52. The van der Waals surface area contributed by atoms with Crippen molar-refractivity contribution in [2.75, 3.05) is 5.32 Å². The highest BCUT2D eigenvalue weighted by atomic mass is 79.9. The summed E-state index contributed by atoms with van der Waals surface area (Å²) in [7, 11) is 0. The van der Waals surface area contributed by atoms with Crippen molar-refractivity contribution >= 4 is 39.1 Å². The second-order valence-electron chi connectivity index (χ2n) is 3.20. The van der Waals surface area contributed by atoms with Crippen molar-refractivity contribution in [3.8, 4) is 0 Å². The number of hydrogen-bond acceptors (Lipinski definition) is 5. The Bertz CT molecular complexity index is 543. The molecular weight excluding hydrogens is 304 g/mol. The van der Waals surface area contributed by atoms with Crippen LogP contribution in [0.25, 0.3) is 0 Å². The van der Waals surface area contributed by atoms with E-state index in [2.05, 4.69) is 35.8 Å². The van der Waals surface area contributed by atoms with E-state index in [0.29, 0.717) is 27.3 Å². The van der Waals surface area contributed by atoms with Crippen LogP contribution in [0.3, 0.4) is 0 Å². The molecule has 0 aliphatic heterocycles. The van der Waals surface area contributed by atoms with Gasteiger partial charge in [-0.1, -0.05) is 11.4 Å². The molecule has 0 fully saturated rings. The van der Waals surface area contributed by atoms with Crippen molar-refractivity contribution in [2.45, 2.75) is 13.3 Å². The van der Waals surface area contributed by atoms with E-state index >= 15 is 0 Å². The summed E-state index contributed by atoms with van der Waals surface area (Å²) >= 11 is 4.37. The average Bonchev–Trinajstić information content (AvgIpc) is 2.80. The third-order valence-electron chi connectivity index (χ3n) is 2.10. The van der Waals surface area contributed by atoms with Crippen LogP contribution in [0.15, 0.2) is 22.9 Å². The minimum atomic E-state index is -0.203. The molecule has 7 heteroatoms. The Kier molecular flexibility index (Phi) is 3.80. The highest BCUT2D eigenvalue weighted by Crippen LogP contribution is 2.20. The lowest BCUT2D eigenvalue weighted by Gasteiger charge is -2.04. The number of pyridine rings is 1. The SMILES string of the molecule is CCc1nnsc1C(=O)Nc1cccnc1Br. The Hall–Kier alpha value is -1.34.